The first-order chi connectivity index (χ1) is 3.81. The molecular weight excluding hydrogens is 152 g/mol. The molecule has 0 N–H and O–H groups in total. The van der Waals surface area contributed by atoms with Gasteiger partial charge in [0.25, 0.3) is 0 Å². The lowest BCUT2D eigenvalue weighted by atomic mass is 11.5. The first kappa shape index (κ1) is 8.94. The molecule has 0 aromatic heterocycles. The molecule has 0 aromatic carbocycles. The third kappa shape index (κ3) is 1.96. The van der Waals surface area contributed by atoms with E-state index in [4.69, 9.17) is 0 Å². The van der Waals surface area contributed by atoms with Crippen LogP contribution in [0, 0.1) is 0 Å². The Hall–Kier alpha value is -0.0631. The molecule has 0 atom stereocenters. The van der Waals surface area contributed by atoms with Crippen molar-refractivity contribution in [3.8, 4) is 0 Å². The quantitative estimate of drug-likeness (QED) is 0.408. The molecule has 0 aliphatic rings. The summed E-state index contributed by atoms with van der Waals surface area (Å²) in [5.41, 5.74) is 0. The average Bonchev–Trinajstić information content (AvgIpc) is 1.64. The van der Waals surface area contributed by atoms with Gasteiger partial charge in [-0.05, 0) is 0 Å². The van der Waals surface area contributed by atoms with Crippen LogP contribution in [-0.4, -0.2) is 20.2 Å². The molecule has 0 unspecified atom stereocenters. The van der Waals surface area contributed by atoms with Gasteiger partial charge in [-0.3, -0.25) is 4.39 Å². The molecule has 0 saturated carbocycles. The fourth-order valence-corrected chi connectivity index (χ4v) is 0.227. The van der Waals surface area contributed by atoms with Crippen molar-refractivity contribution in [2.24, 2.45) is 0 Å². The molecule has 0 rings (SSSR count). The van der Waals surface area contributed by atoms with E-state index >= 15 is 0 Å². The van der Waals surface area contributed by atoms with Crippen LogP contribution in [0.3, 0.4) is 0 Å². The molecule has 5 heteroatoms. The van der Waals surface area contributed by atoms with Crippen LogP contribution in [-0.2, 0) is 0 Å². The van der Waals surface area contributed by atoms with Gasteiger partial charge in [-0.15, -0.1) is 0 Å². The third-order valence-corrected chi connectivity index (χ3v) is 3.30. The Morgan fingerprint density at radius 1 is 1.22 bits per heavy atom. The maximum Gasteiger partial charge on any atom is 0.363 e. The fraction of sp³-hybridized carbons (Fsp3) is 1.00. The first-order valence-electron chi connectivity index (χ1n) is 2.44. The number of hydrogen-bond donors (Lipinski definition) is 0. The van der Waals surface area contributed by atoms with Gasteiger partial charge >= 0.3 is 5.80 Å². The van der Waals surface area contributed by atoms with Crippen molar-refractivity contribution in [3.05, 3.63) is 0 Å². The van der Waals surface area contributed by atoms with Crippen molar-refractivity contribution in [2.45, 2.75) is 18.9 Å². The van der Waals surface area contributed by atoms with Gasteiger partial charge < -0.3 is 0 Å². The van der Waals surface area contributed by atoms with Gasteiger partial charge in [0.15, 0.2) is 0 Å². The average molecular weight is 160 g/mol. The largest absolute Gasteiger partial charge is 0.363 e. The second-order valence-corrected chi connectivity index (χ2v) is 7.12. The minimum absolute atomic E-state index is 0.965. The SMILES string of the molecule is C[Si](C)(CF)C(F)(F)F. The Balaban J connectivity index is 4.14. The lowest BCUT2D eigenvalue weighted by Gasteiger charge is -2.20. The zero-order valence-electron chi connectivity index (χ0n) is 5.22. The van der Waals surface area contributed by atoms with Crippen molar-refractivity contribution >= 4 is 8.07 Å². The van der Waals surface area contributed by atoms with Crippen LogP contribution in [0.1, 0.15) is 0 Å². The monoisotopic (exact) mass is 160 g/mol. The van der Waals surface area contributed by atoms with Crippen molar-refractivity contribution in [3.63, 3.8) is 0 Å². The van der Waals surface area contributed by atoms with Gasteiger partial charge in [0.2, 0.25) is 8.07 Å². The van der Waals surface area contributed by atoms with Gasteiger partial charge in [-0.1, -0.05) is 13.1 Å². The van der Waals surface area contributed by atoms with Gasteiger partial charge in [-0.2, -0.15) is 13.2 Å². The predicted molar refractivity (Wildman–Crippen MR) is 29.5 cm³/mol. The van der Waals surface area contributed by atoms with E-state index < -0.39 is 20.2 Å². The van der Waals surface area contributed by atoms with Gasteiger partial charge in [-0.25, -0.2) is 0 Å². The number of hydrogen-bond acceptors (Lipinski definition) is 0. The number of halogens is 4. The van der Waals surface area contributed by atoms with Gasteiger partial charge in [0, 0.05) is 0 Å². The van der Waals surface area contributed by atoms with Crippen LogP contribution in [0.15, 0.2) is 0 Å². The molecule has 0 heterocycles. The molecule has 0 aliphatic heterocycles. The molecule has 0 aromatic rings. The highest BCUT2D eigenvalue weighted by atomic mass is 28.3. The molecular formula is C4H8F4Si. The zero-order chi connectivity index (χ0) is 7.71. The molecule has 0 saturated heterocycles. The van der Waals surface area contributed by atoms with E-state index in [1.165, 1.54) is 0 Å². The summed E-state index contributed by atoms with van der Waals surface area (Å²) >= 11 is 0. The van der Waals surface area contributed by atoms with Crippen LogP contribution >= 0.6 is 0 Å². The Labute approximate surface area is 51.9 Å². The molecule has 0 radical (unpaired) electrons. The minimum Gasteiger partial charge on any atom is -0.255 e. The topological polar surface area (TPSA) is 0 Å². The minimum atomic E-state index is -4.29. The molecule has 0 fully saturated rings. The summed E-state index contributed by atoms with van der Waals surface area (Å²) in [6, 6.07) is 0. The lowest BCUT2D eigenvalue weighted by molar-refractivity contribution is -0.0572. The second kappa shape index (κ2) is 2.28. The number of alkyl halides is 4. The maximum absolute atomic E-state index is 11.7. The summed E-state index contributed by atoms with van der Waals surface area (Å²) in [5, 5.41) is 0. The molecule has 0 spiro atoms. The third-order valence-electron chi connectivity index (χ3n) is 1.10. The zero-order valence-corrected chi connectivity index (χ0v) is 6.22. The summed E-state index contributed by atoms with van der Waals surface area (Å²) in [7, 11) is -3.55. The van der Waals surface area contributed by atoms with E-state index in [9.17, 15) is 17.6 Å². The Bertz CT molecular complexity index is 95.2. The van der Waals surface area contributed by atoms with E-state index in [-0.39, 0.29) is 0 Å². The lowest BCUT2D eigenvalue weighted by Crippen LogP contribution is -2.47. The van der Waals surface area contributed by atoms with Crippen molar-refractivity contribution in [1.82, 2.24) is 0 Å². The maximum atomic E-state index is 11.7. The molecule has 0 bridgehead atoms. The highest BCUT2D eigenvalue weighted by Gasteiger charge is 2.49. The van der Waals surface area contributed by atoms with Crippen LogP contribution in [0.5, 0.6) is 0 Å². The van der Waals surface area contributed by atoms with Crippen LogP contribution in [0.25, 0.3) is 0 Å². The Morgan fingerprint density at radius 2 is 1.56 bits per heavy atom. The van der Waals surface area contributed by atoms with Crippen molar-refractivity contribution in [2.75, 3.05) is 6.30 Å². The van der Waals surface area contributed by atoms with Crippen molar-refractivity contribution < 1.29 is 17.6 Å². The molecule has 0 amide bonds. The first-order valence-corrected chi connectivity index (χ1v) is 5.64. The highest BCUT2D eigenvalue weighted by molar-refractivity contribution is 6.79. The van der Waals surface area contributed by atoms with Crippen LogP contribution in [0.2, 0.25) is 13.1 Å². The van der Waals surface area contributed by atoms with Gasteiger partial charge in [0.05, 0.1) is 6.30 Å². The molecule has 9 heavy (non-hydrogen) atoms. The smallest absolute Gasteiger partial charge is 0.255 e. The number of rotatable bonds is 1. The van der Waals surface area contributed by atoms with E-state index in [2.05, 4.69) is 0 Å². The molecule has 56 valence electrons. The van der Waals surface area contributed by atoms with Crippen LogP contribution in [0.4, 0.5) is 17.6 Å². The fourth-order valence-electron chi connectivity index (χ4n) is 0.0758. The standard InChI is InChI=1S/C4H8F4Si/c1-9(2,3-5)4(6,7)8/h3H2,1-2H3. The Kier molecular flexibility index (Phi) is 2.27. The summed E-state index contributed by atoms with van der Waals surface area (Å²) in [4.78, 5) is 0. The normalized spacial score (nSPS) is 14.0. The van der Waals surface area contributed by atoms with Gasteiger partial charge in [0.1, 0.15) is 0 Å². The highest BCUT2D eigenvalue weighted by Crippen LogP contribution is 2.28. The van der Waals surface area contributed by atoms with E-state index in [1.54, 1.807) is 0 Å². The summed E-state index contributed by atoms with van der Waals surface area (Å²) in [5.74, 6) is -4.29. The van der Waals surface area contributed by atoms with E-state index in [0.29, 0.717) is 0 Å². The summed E-state index contributed by atoms with van der Waals surface area (Å²) in [6.07, 6.45) is -1.23. The molecule has 0 aliphatic carbocycles. The predicted octanol–water partition coefficient (Wildman–Crippen LogP) is 2.31. The van der Waals surface area contributed by atoms with E-state index in [0.717, 1.165) is 13.1 Å². The summed E-state index contributed by atoms with van der Waals surface area (Å²) in [6.45, 7) is 1.93. The summed E-state index contributed by atoms with van der Waals surface area (Å²) < 4.78 is 46.6. The molecule has 0 nitrogen and oxygen atoms in total. The second-order valence-electron chi connectivity index (χ2n) is 2.52. The van der Waals surface area contributed by atoms with Crippen molar-refractivity contribution in [1.29, 1.82) is 0 Å². The Morgan fingerprint density at radius 3 is 1.56 bits per heavy atom. The van der Waals surface area contributed by atoms with E-state index in [1.807, 2.05) is 0 Å². The van der Waals surface area contributed by atoms with Crippen LogP contribution < -0.4 is 0 Å².